The maximum atomic E-state index is 12.7. The molecule has 0 aliphatic rings. The minimum atomic E-state index is -4.35. The van der Waals surface area contributed by atoms with Gasteiger partial charge in [0.05, 0.1) is 17.4 Å². The quantitative estimate of drug-likeness (QED) is 0.767. The second kappa shape index (κ2) is 5.70. The molecule has 0 aliphatic carbocycles. The Morgan fingerprint density at radius 1 is 1.33 bits per heavy atom. The maximum Gasteiger partial charge on any atom is 0.408 e. The van der Waals surface area contributed by atoms with Crippen molar-refractivity contribution >= 4 is 16.6 Å². The van der Waals surface area contributed by atoms with E-state index in [4.69, 9.17) is 0 Å². The van der Waals surface area contributed by atoms with Crippen molar-refractivity contribution < 1.29 is 13.2 Å². The Labute approximate surface area is 136 Å². The first-order valence-electron chi connectivity index (χ1n) is 7.25. The molecule has 3 rings (SSSR count). The lowest BCUT2D eigenvalue weighted by Crippen LogP contribution is -2.38. The van der Waals surface area contributed by atoms with Gasteiger partial charge in [-0.05, 0) is 24.6 Å². The molecule has 0 unspecified atom stereocenters. The van der Waals surface area contributed by atoms with Crippen molar-refractivity contribution in [2.24, 2.45) is 7.05 Å². The second-order valence-electron chi connectivity index (χ2n) is 5.62. The lowest BCUT2D eigenvalue weighted by atomic mass is 10.1. The lowest BCUT2D eigenvalue weighted by molar-refractivity contribution is -0.148. The van der Waals surface area contributed by atoms with Gasteiger partial charge < -0.3 is 5.32 Å². The number of nitrogens with zero attached hydrogens (tertiary/aromatic N) is 3. The molecule has 1 aromatic carbocycles. The first kappa shape index (κ1) is 16.1. The van der Waals surface area contributed by atoms with Gasteiger partial charge in [-0.2, -0.15) is 23.4 Å². The van der Waals surface area contributed by atoms with Crippen LogP contribution < -0.4 is 5.32 Å². The Balaban J connectivity index is 1.95. The number of benzene rings is 1. The maximum absolute atomic E-state index is 12.7. The summed E-state index contributed by atoms with van der Waals surface area (Å²) < 4.78 is 39.8. The Morgan fingerprint density at radius 3 is 2.71 bits per heavy atom. The molecule has 24 heavy (non-hydrogen) atoms. The summed E-state index contributed by atoms with van der Waals surface area (Å²) in [7, 11) is 1.82. The molecule has 2 heterocycles. The molecule has 0 spiro atoms. The van der Waals surface area contributed by atoms with Crippen molar-refractivity contribution in [3.05, 3.63) is 42.9 Å². The largest absolute Gasteiger partial charge is 0.408 e. The number of aromatic amines is 1. The van der Waals surface area contributed by atoms with Gasteiger partial charge in [0, 0.05) is 24.2 Å². The Hall–Kier alpha value is -2.77. The average molecular weight is 335 g/mol. The van der Waals surface area contributed by atoms with Crippen LogP contribution in [0, 0.1) is 0 Å². The topological polar surface area (TPSA) is 58.5 Å². The number of alkyl halides is 3. The first-order chi connectivity index (χ1) is 11.3. The highest BCUT2D eigenvalue weighted by Gasteiger charge is 2.36. The first-order valence-corrected chi connectivity index (χ1v) is 7.25. The number of hydrogen-bond acceptors (Lipinski definition) is 3. The van der Waals surface area contributed by atoms with Crippen molar-refractivity contribution in [1.29, 1.82) is 0 Å². The van der Waals surface area contributed by atoms with Gasteiger partial charge in [-0.25, -0.2) is 0 Å². The Kier molecular flexibility index (Phi) is 3.82. The van der Waals surface area contributed by atoms with E-state index >= 15 is 0 Å². The van der Waals surface area contributed by atoms with Gasteiger partial charge in [-0.1, -0.05) is 12.6 Å². The van der Waals surface area contributed by atoms with Crippen LogP contribution >= 0.6 is 0 Å². The number of fused-ring (bicyclic) bond motifs is 1. The van der Waals surface area contributed by atoms with E-state index in [2.05, 4.69) is 27.2 Å². The average Bonchev–Trinajstić information content (AvgIpc) is 3.11. The van der Waals surface area contributed by atoms with Crippen LogP contribution in [0.3, 0.4) is 0 Å². The van der Waals surface area contributed by atoms with Gasteiger partial charge >= 0.3 is 6.18 Å². The molecule has 0 fully saturated rings. The van der Waals surface area contributed by atoms with Gasteiger partial charge in [0.2, 0.25) is 0 Å². The summed E-state index contributed by atoms with van der Waals surface area (Å²) in [5, 5.41) is 14.1. The molecule has 5 nitrogen and oxygen atoms in total. The highest BCUT2D eigenvalue weighted by atomic mass is 19.4. The van der Waals surface area contributed by atoms with Crippen LogP contribution in [-0.4, -0.2) is 32.2 Å². The fourth-order valence-corrected chi connectivity index (χ4v) is 2.41. The number of rotatable bonds is 4. The number of hydrogen-bond donors (Lipinski definition) is 2. The number of nitrogens with one attached hydrogen (secondary N) is 2. The van der Waals surface area contributed by atoms with Crippen molar-refractivity contribution in [3.8, 4) is 11.1 Å². The van der Waals surface area contributed by atoms with Crippen molar-refractivity contribution in [1.82, 2.24) is 25.3 Å². The third-order valence-electron chi connectivity index (χ3n) is 3.77. The summed E-state index contributed by atoms with van der Waals surface area (Å²) in [6.07, 6.45) is -0.768. The molecular formula is C16H16F3N5. The van der Waals surface area contributed by atoms with E-state index in [0.717, 1.165) is 23.6 Å². The smallest absolute Gasteiger partial charge is 0.373 e. The summed E-state index contributed by atoms with van der Waals surface area (Å²) in [6.45, 7) is 4.74. The van der Waals surface area contributed by atoms with E-state index < -0.39 is 12.2 Å². The molecule has 0 saturated heterocycles. The van der Waals surface area contributed by atoms with Gasteiger partial charge in [-0.15, -0.1) is 0 Å². The van der Waals surface area contributed by atoms with Gasteiger partial charge in [0.1, 0.15) is 11.7 Å². The van der Waals surface area contributed by atoms with Crippen LogP contribution in [0.1, 0.15) is 12.6 Å². The van der Waals surface area contributed by atoms with Crippen LogP contribution in [0.2, 0.25) is 0 Å². The molecule has 2 N–H and O–H groups in total. The van der Waals surface area contributed by atoms with Crippen LogP contribution in [0.25, 0.3) is 27.7 Å². The SMILES string of the molecule is C=C(N[C@H](C)C(F)(F)F)c1n[nH]c2ccc(-c3cnn(C)c3)cc12. The molecule has 0 aliphatic heterocycles. The van der Waals surface area contributed by atoms with E-state index in [9.17, 15) is 13.2 Å². The number of halogens is 3. The summed E-state index contributed by atoms with van der Waals surface area (Å²) in [6, 6.07) is 3.87. The number of H-pyrrole nitrogens is 1. The van der Waals surface area contributed by atoms with Crippen LogP contribution in [-0.2, 0) is 7.05 Å². The molecule has 0 amide bonds. The Morgan fingerprint density at radius 2 is 2.08 bits per heavy atom. The zero-order valence-corrected chi connectivity index (χ0v) is 13.1. The normalized spacial score (nSPS) is 13.2. The zero-order chi connectivity index (χ0) is 17.5. The number of aryl methyl sites for hydroxylation is 1. The molecule has 8 heteroatoms. The van der Waals surface area contributed by atoms with E-state index in [1.54, 1.807) is 10.9 Å². The summed E-state index contributed by atoms with van der Waals surface area (Å²) in [5.41, 5.74) is 3.02. The van der Waals surface area contributed by atoms with E-state index in [0.29, 0.717) is 11.1 Å². The van der Waals surface area contributed by atoms with Crippen molar-refractivity contribution in [3.63, 3.8) is 0 Å². The lowest BCUT2D eigenvalue weighted by Gasteiger charge is -2.19. The molecule has 2 aromatic heterocycles. The highest BCUT2D eigenvalue weighted by molar-refractivity contribution is 5.92. The fraction of sp³-hybridized carbons (Fsp3) is 0.250. The summed E-state index contributed by atoms with van der Waals surface area (Å²) in [5.74, 6) is 0. The predicted molar refractivity (Wildman–Crippen MR) is 86.0 cm³/mol. The zero-order valence-electron chi connectivity index (χ0n) is 13.1. The van der Waals surface area contributed by atoms with Crippen LogP contribution in [0.5, 0.6) is 0 Å². The van der Waals surface area contributed by atoms with Gasteiger partial charge in [-0.3, -0.25) is 9.78 Å². The highest BCUT2D eigenvalue weighted by Crippen LogP contribution is 2.28. The van der Waals surface area contributed by atoms with Crippen molar-refractivity contribution in [2.45, 2.75) is 19.1 Å². The van der Waals surface area contributed by atoms with Crippen LogP contribution in [0.15, 0.2) is 37.2 Å². The van der Waals surface area contributed by atoms with E-state index in [1.165, 1.54) is 0 Å². The van der Waals surface area contributed by atoms with Crippen LogP contribution in [0.4, 0.5) is 13.2 Å². The third-order valence-corrected chi connectivity index (χ3v) is 3.77. The monoisotopic (exact) mass is 335 g/mol. The van der Waals surface area contributed by atoms with E-state index in [1.807, 2.05) is 31.4 Å². The van der Waals surface area contributed by atoms with E-state index in [-0.39, 0.29) is 5.70 Å². The Bertz CT molecular complexity index is 891. The molecule has 1 atom stereocenters. The summed E-state index contributed by atoms with van der Waals surface area (Å²) in [4.78, 5) is 0. The standard InChI is InChI=1S/C16H16F3N5/c1-9(21-10(2)16(17,18)19)15-13-6-11(4-5-14(13)22-23-15)12-7-20-24(3)8-12/h4-8,10,21H,1H2,2-3H3,(H,22,23)/t10-/m1/s1. The third kappa shape index (κ3) is 2.99. The van der Waals surface area contributed by atoms with Crippen molar-refractivity contribution in [2.75, 3.05) is 0 Å². The molecule has 126 valence electrons. The fourth-order valence-electron chi connectivity index (χ4n) is 2.41. The predicted octanol–water partition coefficient (Wildman–Crippen LogP) is 3.47. The molecule has 3 aromatic rings. The minimum absolute atomic E-state index is 0.120. The molecule has 0 saturated carbocycles. The second-order valence-corrected chi connectivity index (χ2v) is 5.62. The van der Waals surface area contributed by atoms with Gasteiger partial charge in [0.15, 0.2) is 0 Å². The van der Waals surface area contributed by atoms with Gasteiger partial charge in [0.25, 0.3) is 0 Å². The number of aromatic nitrogens is 4. The minimum Gasteiger partial charge on any atom is -0.373 e. The molecule has 0 radical (unpaired) electrons. The summed E-state index contributed by atoms with van der Waals surface area (Å²) >= 11 is 0. The molecule has 0 bridgehead atoms. The molecular weight excluding hydrogens is 319 g/mol.